The van der Waals surface area contributed by atoms with Crippen LogP contribution in [0.3, 0.4) is 0 Å². The molecule has 4 aromatic rings. The fraction of sp³-hybridized carbons (Fsp3) is 0.160. The molecule has 0 aliphatic carbocycles. The number of hydrogen-bond donors (Lipinski definition) is 1. The van der Waals surface area contributed by atoms with Crippen LogP contribution in [0.4, 0.5) is 11.4 Å². The Morgan fingerprint density at radius 1 is 0.938 bits per heavy atom. The zero-order valence-corrected chi connectivity index (χ0v) is 18.2. The van der Waals surface area contributed by atoms with Gasteiger partial charge in [-0.15, -0.1) is 0 Å². The summed E-state index contributed by atoms with van der Waals surface area (Å²) >= 11 is 0. The minimum Gasteiger partial charge on any atom is -0.322 e. The number of fused-ring (bicyclic) bond motifs is 1. The van der Waals surface area contributed by atoms with Crippen molar-refractivity contribution >= 4 is 39.2 Å². The second-order valence-corrected chi connectivity index (χ2v) is 9.14. The Labute approximate surface area is 188 Å². The summed E-state index contributed by atoms with van der Waals surface area (Å²) in [6, 6.07) is 20.7. The average Bonchev–Trinajstić information content (AvgIpc) is 2.84. The molecule has 1 saturated heterocycles. The Balaban J connectivity index is 1.35. The lowest BCUT2D eigenvalue weighted by atomic mass is 10.1. The minimum absolute atomic E-state index is 0.194. The van der Waals surface area contributed by atoms with Crippen molar-refractivity contribution in [2.45, 2.75) is 12.8 Å². The van der Waals surface area contributed by atoms with Crippen molar-refractivity contribution in [2.75, 3.05) is 21.9 Å². The van der Waals surface area contributed by atoms with Crippen molar-refractivity contribution in [1.29, 1.82) is 0 Å². The van der Waals surface area contributed by atoms with Crippen LogP contribution >= 0.6 is 0 Å². The van der Waals surface area contributed by atoms with Crippen molar-refractivity contribution in [3.63, 3.8) is 0 Å². The molecule has 0 saturated carbocycles. The molecule has 6 nitrogen and oxygen atoms in total. The molecule has 5 rings (SSSR count). The maximum atomic E-state index is 12.8. The summed E-state index contributed by atoms with van der Waals surface area (Å²) in [6.45, 7) is 0.780. The molecule has 0 bridgehead atoms. The number of aromatic nitrogens is 2. The van der Waals surface area contributed by atoms with Gasteiger partial charge in [-0.2, -0.15) is 0 Å². The van der Waals surface area contributed by atoms with Crippen molar-refractivity contribution < 1.29 is 9.00 Å². The van der Waals surface area contributed by atoms with E-state index in [2.05, 4.69) is 15.3 Å². The van der Waals surface area contributed by atoms with Gasteiger partial charge in [0.05, 0.1) is 11.2 Å². The average molecular weight is 443 g/mol. The SMILES string of the molecule is O=C(Nc1cccc(-c2nccc3ncccc23)c1)c1ccc(N2CCCCS2=O)cc1. The molecule has 1 unspecified atom stereocenters. The van der Waals surface area contributed by atoms with Gasteiger partial charge in [0.25, 0.3) is 5.91 Å². The number of benzene rings is 2. The quantitative estimate of drug-likeness (QED) is 0.492. The molecule has 1 N–H and O–H groups in total. The Morgan fingerprint density at radius 2 is 1.81 bits per heavy atom. The highest BCUT2D eigenvalue weighted by Crippen LogP contribution is 2.27. The monoisotopic (exact) mass is 442 g/mol. The summed E-state index contributed by atoms with van der Waals surface area (Å²) in [4.78, 5) is 21.7. The van der Waals surface area contributed by atoms with E-state index >= 15 is 0 Å². The van der Waals surface area contributed by atoms with Crippen LogP contribution in [0.25, 0.3) is 22.2 Å². The second kappa shape index (κ2) is 8.88. The molecule has 1 fully saturated rings. The van der Waals surface area contributed by atoms with E-state index in [9.17, 15) is 9.00 Å². The number of hydrogen-bond acceptors (Lipinski definition) is 4. The third-order valence-electron chi connectivity index (χ3n) is 5.52. The molecule has 0 radical (unpaired) electrons. The van der Waals surface area contributed by atoms with E-state index in [0.29, 0.717) is 17.0 Å². The van der Waals surface area contributed by atoms with Gasteiger partial charge in [-0.05, 0) is 67.4 Å². The summed E-state index contributed by atoms with van der Waals surface area (Å²) in [7, 11) is -0.987. The van der Waals surface area contributed by atoms with Crippen LogP contribution in [-0.2, 0) is 11.0 Å². The van der Waals surface area contributed by atoms with Crippen molar-refractivity contribution in [2.24, 2.45) is 0 Å². The lowest BCUT2D eigenvalue weighted by molar-refractivity contribution is 0.102. The van der Waals surface area contributed by atoms with Crippen LogP contribution in [-0.4, -0.2) is 32.4 Å². The normalized spacial score (nSPS) is 16.1. The number of nitrogens with zero attached hydrogens (tertiary/aromatic N) is 3. The maximum absolute atomic E-state index is 12.8. The van der Waals surface area contributed by atoms with Gasteiger partial charge < -0.3 is 5.32 Å². The van der Waals surface area contributed by atoms with E-state index in [1.54, 1.807) is 24.5 Å². The summed E-state index contributed by atoms with van der Waals surface area (Å²) < 4.78 is 14.1. The number of amides is 1. The van der Waals surface area contributed by atoms with E-state index < -0.39 is 11.0 Å². The third-order valence-corrected chi connectivity index (χ3v) is 7.04. The Morgan fingerprint density at radius 3 is 2.66 bits per heavy atom. The van der Waals surface area contributed by atoms with E-state index in [0.717, 1.165) is 47.2 Å². The number of rotatable bonds is 4. The molecule has 1 aliphatic heterocycles. The molecule has 2 aromatic heterocycles. The van der Waals surface area contributed by atoms with Gasteiger partial charge >= 0.3 is 0 Å². The summed E-state index contributed by atoms with van der Waals surface area (Å²) in [5.41, 5.74) is 4.74. The number of nitrogens with one attached hydrogen (secondary N) is 1. The number of carbonyl (C=O) groups excluding carboxylic acids is 1. The zero-order chi connectivity index (χ0) is 21.9. The first-order chi connectivity index (χ1) is 15.7. The molecule has 32 heavy (non-hydrogen) atoms. The first-order valence-corrected chi connectivity index (χ1v) is 11.8. The Hall–Kier alpha value is -3.58. The third kappa shape index (κ3) is 4.11. The standard InChI is InChI=1S/C25H22N4O2S/c30-25(18-8-10-21(11-9-18)29-15-1-2-16-32(29)31)28-20-6-3-5-19(17-20)24-22-7-4-13-26-23(22)12-14-27-24/h3-14,17H,1-2,15-16H2,(H,28,30). The predicted molar refractivity (Wildman–Crippen MR) is 129 cm³/mol. The lowest BCUT2D eigenvalue weighted by Crippen LogP contribution is -2.32. The van der Waals surface area contributed by atoms with Crippen molar-refractivity contribution in [3.05, 3.63) is 84.7 Å². The number of carbonyl (C=O) groups is 1. The molecule has 3 heterocycles. The van der Waals surface area contributed by atoms with Crippen LogP contribution in [0.15, 0.2) is 79.1 Å². The van der Waals surface area contributed by atoms with Gasteiger partial charge in [0.15, 0.2) is 0 Å². The summed E-state index contributed by atoms with van der Waals surface area (Å²) in [5.74, 6) is 0.501. The van der Waals surface area contributed by atoms with Crippen LogP contribution in [0, 0.1) is 0 Å². The first-order valence-electron chi connectivity index (χ1n) is 10.6. The van der Waals surface area contributed by atoms with Crippen LogP contribution in [0.1, 0.15) is 23.2 Å². The number of pyridine rings is 2. The van der Waals surface area contributed by atoms with Gasteiger partial charge in [0, 0.05) is 52.6 Å². The molecule has 1 aliphatic rings. The topological polar surface area (TPSA) is 75.2 Å². The summed E-state index contributed by atoms with van der Waals surface area (Å²) in [5, 5.41) is 3.93. The second-order valence-electron chi connectivity index (χ2n) is 7.65. The largest absolute Gasteiger partial charge is 0.322 e. The molecular formula is C25H22N4O2S. The summed E-state index contributed by atoms with van der Waals surface area (Å²) in [6.07, 6.45) is 5.53. The van der Waals surface area contributed by atoms with Gasteiger partial charge in [-0.3, -0.25) is 19.1 Å². The van der Waals surface area contributed by atoms with Crippen LogP contribution in [0.2, 0.25) is 0 Å². The molecule has 0 spiro atoms. The Bertz CT molecular complexity index is 1300. The number of anilines is 2. The maximum Gasteiger partial charge on any atom is 0.255 e. The molecule has 1 amide bonds. The zero-order valence-electron chi connectivity index (χ0n) is 17.4. The molecule has 2 aromatic carbocycles. The Kier molecular flexibility index (Phi) is 5.64. The van der Waals surface area contributed by atoms with E-state index in [4.69, 9.17) is 0 Å². The molecule has 1 atom stereocenters. The molecule has 160 valence electrons. The molecular weight excluding hydrogens is 420 g/mol. The fourth-order valence-corrected chi connectivity index (χ4v) is 5.26. The van der Waals surface area contributed by atoms with E-state index in [1.807, 2.05) is 58.9 Å². The highest BCUT2D eigenvalue weighted by atomic mass is 32.2. The highest BCUT2D eigenvalue weighted by molar-refractivity contribution is 7.86. The van der Waals surface area contributed by atoms with Crippen molar-refractivity contribution in [1.82, 2.24) is 9.97 Å². The van der Waals surface area contributed by atoms with Gasteiger partial charge in [-0.25, -0.2) is 4.21 Å². The van der Waals surface area contributed by atoms with Crippen molar-refractivity contribution in [3.8, 4) is 11.3 Å². The predicted octanol–water partition coefficient (Wildman–Crippen LogP) is 4.81. The highest BCUT2D eigenvalue weighted by Gasteiger charge is 2.18. The molecule has 7 heteroatoms. The van der Waals surface area contributed by atoms with E-state index in [1.165, 1.54) is 0 Å². The van der Waals surface area contributed by atoms with Crippen LogP contribution < -0.4 is 9.62 Å². The minimum atomic E-state index is -0.987. The lowest BCUT2D eigenvalue weighted by Gasteiger charge is -2.27. The van der Waals surface area contributed by atoms with Crippen LogP contribution in [0.5, 0.6) is 0 Å². The van der Waals surface area contributed by atoms with Gasteiger partial charge in [0.2, 0.25) is 0 Å². The fourth-order valence-electron chi connectivity index (χ4n) is 3.90. The van der Waals surface area contributed by atoms with Gasteiger partial charge in [-0.1, -0.05) is 12.1 Å². The smallest absolute Gasteiger partial charge is 0.255 e. The van der Waals surface area contributed by atoms with Gasteiger partial charge in [0.1, 0.15) is 11.0 Å². The van der Waals surface area contributed by atoms with E-state index in [-0.39, 0.29) is 5.91 Å². The first kappa shape index (κ1) is 20.3.